The molecule has 0 aliphatic rings. The second-order valence-electron chi connectivity index (χ2n) is 4.41. The van der Waals surface area contributed by atoms with Gasteiger partial charge in [0.1, 0.15) is 0 Å². The Labute approximate surface area is 80.5 Å². The standard InChI is InChI=1S/C10H21NO2/c1-9(6-8-12)5-4-7-10(2,3)11-13/h9,12H,4-8H2,1-3H3. The predicted molar refractivity (Wildman–Crippen MR) is 54.6 cm³/mol. The third-order valence-corrected chi connectivity index (χ3v) is 2.35. The second kappa shape index (κ2) is 6.08. The maximum atomic E-state index is 10.3. The highest BCUT2D eigenvalue weighted by Crippen LogP contribution is 2.20. The third-order valence-electron chi connectivity index (χ3n) is 2.35. The van der Waals surface area contributed by atoms with E-state index < -0.39 is 5.54 Å². The molecule has 0 saturated carbocycles. The monoisotopic (exact) mass is 187 g/mol. The van der Waals surface area contributed by atoms with Gasteiger partial charge in [-0.25, -0.2) is 0 Å². The summed E-state index contributed by atoms with van der Waals surface area (Å²) in [6.45, 7) is 6.10. The van der Waals surface area contributed by atoms with E-state index in [0.29, 0.717) is 5.92 Å². The first-order valence-corrected chi connectivity index (χ1v) is 4.97. The average Bonchev–Trinajstić information content (AvgIpc) is 2.05. The Morgan fingerprint density at radius 1 is 1.38 bits per heavy atom. The van der Waals surface area contributed by atoms with E-state index in [1.54, 1.807) is 0 Å². The first-order chi connectivity index (χ1) is 6.02. The van der Waals surface area contributed by atoms with E-state index in [-0.39, 0.29) is 6.61 Å². The minimum atomic E-state index is -0.418. The van der Waals surface area contributed by atoms with Crippen LogP contribution in [0, 0.1) is 10.8 Å². The maximum Gasteiger partial charge on any atom is 0.0970 e. The van der Waals surface area contributed by atoms with Gasteiger partial charge in [0.2, 0.25) is 0 Å². The van der Waals surface area contributed by atoms with Gasteiger partial charge in [0.05, 0.1) is 5.54 Å². The molecule has 0 heterocycles. The van der Waals surface area contributed by atoms with Gasteiger partial charge in [-0.3, -0.25) is 0 Å². The summed E-state index contributed by atoms with van der Waals surface area (Å²) >= 11 is 0. The topological polar surface area (TPSA) is 49.7 Å². The summed E-state index contributed by atoms with van der Waals surface area (Å²) < 4.78 is 0. The summed E-state index contributed by atoms with van der Waals surface area (Å²) in [6.07, 6.45) is 3.78. The molecular weight excluding hydrogens is 166 g/mol. The first kappa shape index (κ1) is 12.6. The van der Waals surface area contributed by atoms with Gasteiger partial charge in [0, 0.05) is 6.61 Å². The molecule has 0 aromatic carbocycles. The van der Waals surface area contributed by atoms with E-state index in [9.17, 15) is 4.91 Å². The van der Waals surface area contributed by atoms with Crippen molar-refractivity contribution in [1.29, 1.82) is 0 Å². The molecular formula is C10H21NO2. The van der Waals surface area contributed by atoms with Crippen molar-refractivity contribution in [3.8, 4) is 0 Å². The van der Waals surface area contributed by atoms with Crippen molar-refractivity contribution >= 4 is 0 Å². The van der Waals surface area contributed by atoms with Gasteiger partial charge in [-0.05, 0) is 32.6 Å². The fourth-order valence-electron chi connectivity index (χ4n) is 1.29. The third kappa shape index (κ3) is 6.70. The van der Waals surface area contributed by atoms with Crippen LogP contribution in [0.4, 0.5) is 0 Å². The molecule has 78 valence electrons. The Bertz CT molecular complexity index is 146. The highest BCUT2D eigenvalue weighted by Gasteiger charge is 2.17. The largest absolute Gasteiger partial charge is 0.396 e. The molecule has 0 aromatic rings. The summed E-state index contributed by atoms with van der Waals surface area (Å²) in [5, 5.41) is 11.7. The molecule has 0 aliphatic heterocycles. The minimum absolute atomic E-state index is 0.260. The number of rotatable bonds is 7. The number of aliphatic hydroxyl groups is 1. The van der Waals surface area contributed by atoms with E-state index in [4.69, 9.17) is 5.11 Å². The first-order valence-electron chi connectivity index (χ1n) is 4.97. The molecule has 3 heteroatoms. The Balaban J connectivity index is 3.49. The van der Waals surface area contributed by atoms with Crippen molar-refractivity contribution < 1.29 is 5.11 Å². The molecule has 0 radical (unpaired) electrons. The predicted octanol–water partition coefficient (Wildman–Crippen LogP) is 2.72. The smallest absolute Gasteiger partial charge is 0.0970 e. The van der Waals surface area contributed by atoms with Crippen LogP contribution >= 0.6 is 0 Å². The fraction of sp³-hybridized carbons (Fsp3) is 1.00. The van der Waals surface area contributed by atoms with Crippen molar-refractivity contribution in [3.63, 3.8) is 0 Å². The van der Waals surface area contributed by atoms with Crippen LogP contribution in [0.15, 0.2) is 5.18 Å². The quantitative estimate of drug-likeness (QED) is 0.623. The normalized spacial score (nSPS) is 14.2. The lowest BCUT2D eigenvalue weighted by atomic mass is 9.94. The highest BCUT2D eigenvalue weighted by molar-refractivity contribution is 4.76. The number of hydrogen-bond acceptors (Lipinski definition) is 3. The SMILES string of the molecule is CC(CCO)CCCC(C)(C)N=O. The van der Waals surface area contributed by atoms with Gasteiger partial charge < -0.3 is 5.11 Å². The lowest BCUT2D eigenvalue weighted by molar-refractivity contribution is 0.255. The summed E-state index contributed by atoms with van der Waals surface area (Å²) in [6, 6.07) is 0. The lowest BCUT2D eigenvalue weighted by Crippen LogP contribution is -2.15. The average molecular weight is 187 g/mol. The number of nitroso groups, excluding NO2 is 1. The van der Waals surface area contributed by atoms with Gasteiger partial charge >= 0.3 is 0 Å². The van der Waals surface area contributed by atoms with Gasteiger partial charge in [-0.1, -0.05) is 24.9 Å². The minimum Gasteiger partial charge on any atom is -0.396 e. The summed E-state index contributed by atoms with van der Waals surface area (Å²) in [5.41, 5.74) is -0.418. The zero-order valence-electron chi connectivity index (χ0n) is 8.92. The maximum absolute atomic E-state index is 10.3. The van der Waals surface area contributed by atoms with Crippen LogP contribution in [0.25, 0.3) is 0 Å². The summed E-state index contributed by atoms with van der Waals surface area (Å²) in [4.78, 5) is 10.3. The van der Waals surface area contributed by atoms with Crippen LogP contribution < -0.4 is 0 Å². The molecule has 1 N–H and O–H groups in total. The Kier molecular flexibility index (Phi) is 5.88. The van der Waals surface area contributed by atoms with Crippen molar-refractivity contribution in [3.05, 3.63) is 4.91 Å². The number of nitrogens with zero attached hydrogens (tertiary/aromatic N) is 1. The van der Waals surface area contributed by atoms with E-state index in [2.05, 4.69) is 12.1 Å². The highest BCUT2D eigenvalue weighted by atomic mass is 16.3. The summed E-state index contributed by atoms with van der Waals surface area (Å²) in [5.74, 6) is 0.549. The van der Waals surface area contributed by atoms with Crippen LogP contribution in [0.1, 0.15) is 46.5 Å². The Morgan fingerprint density at radius 2 is 2.00 bits per heavy atom. The van der Waals surface area contributed by atoms with E-state index >= 15 is 0 Å². The van der Waals surface area contributed by atoms with Crippen molar-refractivity contribution in [2.75, 3.05) is 6.61 Å². The van der Waals surface area contributed by atoms with E-state index in [1.807, 2.05) is 13.8 Å². The molecule has 1 atom stereocenters. The van der Waals surface area contributed by atoms with E-state index in [0.717, 1.165) is 25.7 Å². The van der Waals surface area contributed by atoms with Gasteiger partial charge in [-0.2, -0.15) is 4.91 Å². The Morgan fingerprint density at radius 3 is 2.46 bits per heavy atom. The molecule has 0 fully saturated rings. The van der Waals surface area contributed by atoms with Crippen LogP contribution in [0.5, 0.6) is 0 Å². The molecule has 0 rings (SSSR count). The molecule has 0 saturated heterocycles. The molecule has 0 bridgehead atoms. The fourth-order valence-corrected chi connectivity index (χ4v) is 1.29. The molecule has 0 aliphatic carbocycles. The van der Waals surface area contributed by atoms with Gasteiger partial charge in [-0.15, -0.1) is 0 Å². The molecule has 0 aromatic heterocycles. The summed E-state index contributed by atoms with van der Waals surface area (Å²) in [7, 11) is 0. The van der Waals surface area contributed by atoms with Crippen LogP contribution in [-0.4, -0.2) is 17.3 Å². The Hall–Kier alpha value is -0.440. The lowest BCUT2D eigenvalue weighted by Gasteiger charge is -2.16. The second-order valence-corrected chi connectivity index (χ2v) is 4.41. The van der Waals surface area contributed by atoms with Crippen molar-refractivity contribution in [2.45, 2.75) is 52.0 Å². The van der Waals surface area contributed by atoms with Crippen LogP contribution in [-0.2, 0) is 0 Å². The molecule has 13 heavy (non-hydrogen) atoms. The van der Waals surface area contributed by atoms with Crippen LogP contribution in [0.3, 0.4) is 0 Å². The van der Waals surface area contributed by atoms with Crippen molar-refractivity contribution in [1.82, 2.24) is 0 Å². The zero-order valence-corrected chi connectivity index (χ0v) is 8.92. The van der Waals surface area contributed by atoms with E-state index in [1.165, 1.54) is 0 Å². The van der Waals surface area contributed by atoms with Gasteiger partial charge in [0.15, 0.2) is 0 Å². The number of aliphatic hydroxyl groups excluding tert-OH is 1. The molecule has 0 amide bonds. The van der Waals surface area contributed by atoms with Crippen molar-refractivity contribution in [2.24, 2.45) is 11.1 Å². The zero-order chi connectivity index (χ0) is 10.3. The number of hydrogen-bond donors (Lipinski definition) is 1. The molecule has 0 spiro atoms. The molecule has 3 nitrogen and oxygen atoms in total. The van der Waals surface area contributed by atoms with Crippen LogP contribution in [0.2, 0.25) is 0 Å². The molecule has 1 unspecified atom stereocenters. The van der Waals surface area contributed by atoms with Gasteiger partial charge in [0.25, 0.3) is 0 Å².